The molecule has 0 atom stereocenters. The number of carbonyl (C=O) groups is 2. The summed E-state index contributed by atoms with van der Waals surface area (Å²) in [5.74, 6) is 0.699. The molecule has 35 heavy (non-hydrogen) atoms. The van der Waals surface area contributed by atoms with E-state index < -0.39 is 4.92 Å². The van der Waals surface area contributed by atoms with Crippen molar-refractivity contribution in [1.82, 2.24) is 4.90 Å². The van der Waals surface area contributed by atoms with E-state index in [0.717, 1.165) is 4.90 Å². The smallest absolute Gasteiger partial charge is 0.309 e. The van der Waals surface area contributed by atoms with Crippen LogP contribution in [0, 0.1) is 16.0 Å². The summed E-state index contributed by atoms with van der Waals surface area (Å²) in [6, 6.07) is 10.3. The minimum absolute atomic E-state index is 0.0465. The number of piperidine rings is 1. The number of rotatable bonds is 7. The third-order valence-electron chi connectivity index (χ3n) is 5.77. The summed E-state index contributed by atoms with van der Waals surface area (Å²) in [7, 11) is 0. The Labute approximate surface area is 207 Å². The number of hydrogen-bond donors (Lipinski definition) is 0. The summed E-state index contributed by atoms with van der Waals surface area (Å²) in [5, 5.41) is 11.7. The molecule has 0 N–H and O–H groups in total. The van der Waals surface area contributed by atoms with E-state index in [0.29, 0.717) is 67.7 Å². The molecular formula is C25H26N2O7S. The summed E-state index contributed by atoms with van der Waals surface area (Å²) in [6.45, 7) is 4.02. The average Bonchev–Trinajstić information content (AvgIpc) is 2.88. The fourth-order valence-electron chi connectivity index (χ4n) is 3.95. The molecule has 0 radical (unpaired) electrons. The molecule has 1 amide bonds. The van der Waals surface area contributed by atoms with E-state index in [2.05, 4.69) is 0 Å². The van der Waals surface area contributed by atoms with Crippen LogP contribution in [-0.2, 0) is 14.3 Å². The van der Waals surface area contributed by atoms with Crippen LogP contribution < -0.4 is 9.47 Å². The highest BCUT2D eigenvalue weighted by Crippen LogP contribution is 2.40. The van der Waals surface area contributed by atoms with Crippen LogP contribution in [-0.4, -0.2) is 54.6 Å². The third-order valence-corrected chi connectivity index (χ3v) is 6.82. The first-order valence-electron chi connectivity index (χ1n) is 11.4. The maximum absolute atomic E-state index is 12.6. The van der Waals surface area contributed by atoms with E-state index in [4.69, 9.17) is 14.2 Å². The summed E-state index contributed by atoms with van der Waals surface area (Å²) in [4.78, 5) is 38.7. The lowest BCUT2D eigenvalue weighted by Gasteiger charge is -2.30. The van der Waals surface area contributed by atoms with Crippen molar-refractivity contribution < 1.29 is 28.7 Å². The molecule has 184 valence electrons. The topological polar surface area (TPSA) is 108 Å². The van der Waals surface area contributed by atoms with E-state index in [1.807, 2.05) is 6.07 Å². The lowest BCUT2D eigenvalue weighted by atomic mass is 9.97. The van der Waals surface area contributed by atoms with E-state index in [1.54, 1.807) is 42.2 Å². The molecular weight excluding hydrogens is 472 g/mol. The number of nitrogens with zero attached hydrogens (tertiary/aromatic N) is 2. The van der Waals surface area contributed by atoms with Gasteiger partial charge in [0, 0.05) is 30.1 Å². The number of hydrogen-bond acceptors (Lipinski definition) is 8. The van der Waals surface area contributed by atoms with Crippen LogP contribution in [0.5, 0.6) is 11.5 Å². The molecule has 0 bridgehead atoms. The minimum atomic E-state index is -0.431. The maximum atomic E-state index is 12.6. The third kappa shape index (κ3) is 6.13. The molecule has 9 nitrogen and oxygen atoms in total. The molecule has 2 aliphatic rings. The first-order valence-corrected chi connectivity index (χ1v) is 12.3. The Kier molecular flexibility index (Phi) is 7.91. The highest BCUT2D eigenvalue weighted by Gasteiger charge is 2.27. The Morgan fingerprint density at radius 2 is 1.89 bits per heavy atom. The van der Waals surface area contributed by atoms with Crippen LogP contribution in [0.25, 0.3) is 6.08 Å². The Bertz CT molecular complexity index is 1140. The van der Waals surface area contributed by atoms with Crippen LogP contribution in [0.2, 0.25) is 0 Å². The predicted molar refractivity (Wildman–Crippen MR) is 130 cm³/mol. The Balaban J connectivity index is 1.41. The molecule has 0 unspecified atom stereocenters. The molecule has 10 heteroatoms. The number of nitro groups is 1. The van der Waals surface area contributed by atoms with Crippen molar-refractivity contribution >= 4 is 35.4 Å². The number of ether oxygens (including phenoxy) is 3. The normalized spacial score (nSPS) is 15.7. The predicted octanol–water partition coefficient (Wildman–Crippen LogP) is 4.33. The van der Waals surface area contributed by atoms with Crippen LogP contribution in [0.4, 0.5) is 5.69 Å². The monoisotopic (exact) mass is 498 g/mol. The van der Waals surface area contributed by atoms with Gasteiger partial charge in [0.1, 0.15) is 13.2 Å². The molecule has 1 fully saturated rings. The van der Waals surface area contributed by atoms with Gasteiger partial charge in [-0.2, -0.15) is 0 Å². The van der Waals surface area contributed by atoms with Crippen molar-refractivity contribution in [1.29, 1.82) is 0 Å². The summed E-state index contributed by atoms with van der Waals surface area (Å²) < 4.78 is 16.2. The van der Waals surface area contributed by atoms with E-state index >= 15 is 0 Å². The fraction of sp³-hybridized carbons (Fsp3) is 0.360. The summed E-state index contributed by atoms with van der Waals surface area (Å²) in [6.07, 6.45) is 4.12. The zero-order valence-corrected chi connectivity index (χ0v) is 20.1. The van der Waals surface area contributed by atoms with Crippen molar-refractivity contribution in [2.45, 2.75) is 29.6 Å². The Morgan fingerprint density at radius 3 is 2.60 bits per heavy atom. The van der Waals surface area contributed by atoms with Gasteiger partial charge >= 0.3 is 5.97 Å². The molecule has 0 saturated carbocycles. The van der Waals surface area contributed by atoms with E-state index in [1.165, 1.54) is 23.9 Å². The highest BCUT2D eigenvalue weighted by atomic mass is 32.2. The zero-order valence-electron chi connectivity index (χ0n) is 19.3. The SMILES string of the molecule is CCOC(=O)C1CCN(C(=O)C=Cc2ccc(Sc3ccc4c(c3)OCCO4)c([N+](=O)[O-])c2)CC1. The molecule has 0 spiro atoms. The van der Waals surface area contributed by atoms with Crippen LogP contribution in [0.3, 0.4) is 0 Å². The lowest BCUT2D eigenvalue weighted by Crippen LogP contribution is -2.39. The highest BCUT2D eigenvalue weighted by molar-refractivity contribution is 7.99. The molecule has 4 rings (SSSR count). The van der Waals surface area contributed by atoms with Crippen LogP contribution >= 0.6 is 11.8 Å². The van der Waals surface area contributed by atoms with Crippen LogP contribution in [0.15, 0.2) is 52.3 Å². The van der Waals surface area contributed by atoms with Gasteiger partial charge < -0.3 is 19.1 Å². The number of amides is 1. The van der Waals surface area contributed by atoms with Gasteiger partial charge in [0.2, 0.25) is 5.91 Å². The van der Waals surface area contributed by atoms with Gasteiger partial charge in [-0.3, -0.25) is 19.7 Å². The van der Waals surface area contributed by atoms with Crippen molar-refractivity contribution in [2.75, 3.05) is 32.9 Å². The average molecular weight is 499 g/mol. The number of nitro benzene ring substituents is 1. The fourth-order valence-corrected chi connectivity index (χ4v) is 4.88. The molecule has 0 aromatic heterocycles. The molecule has 2 aliphatic heterocycles. The molecule has 2 heterocycles. The molecule has 2 aromatic rings. The first kappa shape index (κ1) is 24.6. The van der Waals surface area contributed by atoms with Gasteiger partial charge in [-0.15, -0.1) is 0 Å². The van der Waals surface area contributed by atoms with Gasteiger partial charge in [0.05, 0.1) is 22.3 Å². The molecule has 0 aliphatic carbocycles. The Hall–Kier alpha value is -3.53. The van der Waals surface area contributed by atoms with Gasteiger partial charge in [0.15, 0.2) is 11.5 Å². The van der Waals surface area contributed by atoms with Gasteiger partial charge in [0.25, 0.3) is 5.69 Å². The number of esters is 1. The zero-order chi connectivity index (χ0) is 24.8. The van der Waals surface area contributed by atoms with Gasteiger partial charge in [-0.1, -0.05) is 17.8 Å². The number of benzene rings is 2. The summed E-state index contributed by atoms with van der Waals surface area (Å²) >= 11 is 1.26. The number of fused-ring (bicyclic) bond motifs is 1. The maximum Gasteiger partial charge on any atom is 0.309 e. The molecule has 2 aromatic carbocycles. The second-order valence-electron chi connectivity index (χ2n) is 8.08. The van der Waals surface area contributed by atoms with Crippen molar-refractivity contribution in [3.8, 4) is 11.5 Å². The van der Waals surface area contributed by atoms with E-state index in [9.17, 15) is 19.7 Å². The van der Waals surface area contributed by atoms with Crippen molar-refractivity contribution in [2.24, 2.45) is 5.92 Å². The standard InChI is InChI=1S/C25H26N2O7S/c1-2-32-25(29)18-9-11-26(12-10-18)24(28)8-4-17-3-7-23(20(15-17)27(30)31)35-19-5-6-21-22(16-19)34-14-13-33-21/h3-8,15-16,18H,2,9-14H2,1H3. The number of likely N-dealkylation sites (tertiary alicyclic amines) is 1. The second-order valence-corrected chi connectivity index (χ2v) is 9.19. The van der Waals surface area contributed by atoms with E-state index in [-0.39, 0.29) is 23.5 Å². The van der Waals surface area contributed by atoms with Crippen LogP contribution in [0.1, 0.15) is 25.3 Å². The largest absolute Gasteiger partial charge is 0.486 e. The number of carbonyl (C=O) groups excluding carboxylic acids is 2. The minimum Gasteiger partial charge on any atom is -0.486 e. The molecule has 1 saturated heterocycles. The van der Waals surface area contributed by atoms with Gasteiger partial charge in [-0.25, -0.2) is 0 Å². The summed E-state index contributed by atoms with van der Waals surface area (Å²) in [5.41, 5.74) is 0.507. The Morgan fingerprint density at radius 1 is 1.14 bits per heavy atom. The quantitative estimate of drug-likeness (QED) is 0.240. The lowest BCUT2D eigenvalue weighted by molar-refractivity contribution is -0.387. The second kappa shape index (κ2) is 11.3. The van der Waals surface area contributed by atoms with Gasteiger partial charge in [-0.05, 0) is 55.7 Å². The van der Waals surface area contributed by atoms with Crippen molar-refractivity contribution in [3.05, 3.63) is 58.2 Å². The first-order chi connectivity index (χ1) is 16.9. The van der Waals surface area contributed by atoms with Crippen molar-refractivity contribution in [3.63, 3.8) is 0 Å².